The van der Waals surface area contributed by atoms with E-state index in [1.807, 2.05) is 30.3 Å². The third kappa shape index (κ3) is 7.75. The zero-order chi connectivity index (χ0) is 20.2. The van der Waals surface area contributed by atoms with Gasteiger partial charge in [-0.3, -0.25) is 25.8 Å². The maximum absolute atomic E-state index is 12.3. The van der Waals surface area contributed by atoms with Gasteiger partial charge >= 0.3 is 0 Å². The molecule has 148 valence electrons. The molecule has 28 heavy (non-hydrogen) atoms. The summed E-state index contributed by atoms with van der Waals surface area (Å²) in [5.74, 6) is 0.0398. The number of rotatable bonds is 8. The van der Waals surface area contributed by atoms with Crippen molar-refractivity contribution in [1.29, 1.82) is 0 Å². The lowest BCUT2D eigenvalue weighted by atomic mass is 10.1. The second-order valence-corrected chi connectivity index (χ2v) is 6.58. The first-order valence-corrected chi connectivity index (χ1v) is 9.66. The predicted octanol–water partition coefficient (Wildman–Crippen LogP) is 3.13. The van der Waals surface area contributed by atoms with E-state index in [-0.39, 0.29) is 16.9 Å². The smallest absolute Gasteiger partial charge is 0.257 e. The topological polar surface area (TPSA) is 79.5 Å². The molecule has 0 saturated carbocycles. The molecule has 0 unspecified atom stereocenters. The first kappa shape index (κ1) is 21.4. The molecule has 2 rings (SSSR count). The Morgan fingerprint density at radius 1 is 1.04 bits per heavy atom. The molecule has 7 heteroatoms. The summed E-state index contributed by atoms with van der Waals surface area (Å²) in [6, 6.07) is 16.6. The Morgan fingerprint density at radius 3 is 2.57 bits per heavy atom. The highest BCUT2D eigenvalue weighted by atomic mass is 32.1. The van der Waals surface area contributed by atoms with Crippen molar-refractivity contribution in [2.24, 2.45) is 0 Å². The van der Waals surface area contributed by atoms with Gasteiger partial charge in [-0.25, -0.2) is 0 Å². The summed E-state index contributed by atoms with van der Waals surface area (Å²) >= 11 is 5.06. The van der Waals surface area contributed by atoms with Gasteiger partial charge in [0.25, 0.3) is 5.91 Å². The summed E-state index contributed by atoms with van der Waals surface area (Å²) in [4.78, 5) is 24.2. The van der Waals surface area contributed by atoms with Crippen LogP contribution in [0.25, 0.3) is 0 Å². The maximum atomic E-state index is 12.3. The van der Waals surface area contributed by atoms with Gasteiger partial charge < -0.3 is 4.74 Å². The van der Waals surface area contributed by atoms with Crippen LogP contribution in [0.4, 0.5) is 0 Å². The van der Waals surface area contributed by atoms with Gasteiger partial charge in [0.2, 0.25) is 5.91 Å². The van der Waals surface area contributed by atoms with Crippen LogP contribution in [0.5, 0.6) is 5.75 Å². The number of benzene rings is 2. The monoisotopic (exact) mass is 399 g/mol. The van der Waals surface area contributed by atoms with E-state index in [2.05, 4.69) is 23.1 Å². The Balaban J connectivity index is 1.73. The molecule has 0 fully saturated rings. The van der Waals surface area contributed by atoms with E-state index >= 15 is 0 Å². The Morgan fingerprint density at radius 2 is 1.82 bits per heavy atom. The highest BCUT2D eigenvalue weighted by molar-refractivity contribution is 7.80. The van der Waals surface area contributed by atoms with Crippen molar-refractivity contribution < 1.29 is 14.3 Å². The number of hydrogen-bond donors (Lipinski definition) is 3. The first-order chi connectivity index (χ1) is 13.6. The average molecular weight is 400 g/mol. The van der Waals surface area contributed by atoms with Crippen LogP contribution in [0, 0.1) is 0 Å². The third-order valence-electron chi connectivity index (χ3n) is 3.89. The molecule has 0 aliphatic heterocycles. The van der Waals surface area contributed by atoms with Crippen LogP contribution in [0.1, 0.15) is 42.1 Å². The van der Waals surface area contributed by atoms with Crippen LogP contribution in [0.2, 0.25) is 0 Å². The molecule has 0 bridgehead atoms. The van der Waals surface area contributed by atoms with E-state index in [1.54, 1.807) is 24.3 Å². The fraction of sp³-hybridized carbons (Fsp3) is 0.286. The second kappa shape index (κ2) is 11.7. The average Bonchev–Trinajstić information content (AvgIpc) is 2.72. The molecule has 0 saturated heterocycles. The van der Waals surface area contributed by atoms with E-state index in [0.29, 0.717) is 30.8 Å². The molecule has 0 radical (unpaired) electrons. The van der Waals surface area contributed by atoms with E-state index in [1.165, 1.54) is 0 Å². The van der Waals surface area contributed by atoms with E-state index < -0.39 is 0 Å². The third-order valence-corrected chi connectivity index (χ3v) is 4.09. The summed E-state index contributed by atoms with van der Waals surface area (Å²) in [6.07, 6.45) is 2.93. The van der Waals surface area contributed by atoms with Gasteiger partial charge in [0.05, 0.1) is 6.61 Å². The largest absolute Gasteiger partial charge is 0.494 e. The number of aryl methyl sites for hydroxylation is 1. The van der Waals surface area contributed by atoms with Gasteiger partial charge in [-0.05, 0) is 48.8 Å². The molecule has 0 spiro atoms. The Labute approximate surface area is 170 Å². The van der Waals surface area contributed by atoms with E-state index in [9.17, 15) is 9.59 Å². The Kier molecular flexibility index (Phi) is 8.94. The van der Waals surface area contributed by atoms with E-state index in [4.69, 9.17) is 17.0 Å². The van der Waals surface area contributed by atoms with Gasteiger partial charge in [-0.1, -0.05) is 49.7 Å². The van der Waals surface area contributed by atoms with Crippen molar-refractivity contribution in [1.82, 2.24) is 16.2 Å². The summed E-state index contributed by atoms with van der Waals surface area (Å²) in [6.45, 7) is 2.69. The SMILES string of the molecule is CCCCOc1cccc(C(=O)NC(=S)NNC(=O)CCc2ccccc2)c1. The molecular weight excluding hydrogens is 374 g/mol. The van der Waals surface area contributed by atoms with Crippen LogP contribution in [0.3, 0.4) is 0 Å². The quantitative estimate of drug-likeness (QED) is 0.361. The van der Waals surface area contributed by atoms with Crippen LogP contribution in [0.15, 0.2) is 54.6 Å². The molecular formula is C21H25N3O3S. The second-order valence-electron chi connectivity index (χ2n) is 6.17. The van der Waals surface area contributed by atoms with Crippen LogP contribution in [-0.4, -0.2) is 23.5 Å². The molecule has 0 aromatic heterocycles. The predicted molar refractivity (Wildman–Crippen MR) is 113 cm³/mol. The number of hydrogen-bond acceptors (Lipinski definition) is 4. The number of thiocarbonyl (C=S) groups is 1. The number of hydrazine groups is 1. The number of nitrogens with one attached hydrogen (secondary N) is 3. The molecule has 2 aromatic rings. The lowest BCUT2D eigenvalue weighted by Gasteiger charge is -2.11. The minimum atomic E-state index is -0.378. The molecule has 0 aliphatic rings. The fourth-order valence-electron chi connectivity index (χ4n) is 2.36. The minimum Gasteiger partial charge on any atom is -0.494 e. The zero-order valence-corrected chi connectivity index (χ0v) is 16.7. The molecule has 2 aromatic carbocycles. The summed E-state index contributed by atoms with van der Waals surface area (Å²) < 4.78 is 5.60. The molecule has 2 amide bonds. The van der Waals surface area contributed by atoms with Gasteiger partial charge in [0, 0.05) is 12.0 Å². The normalized spacial score (nSPS) is 10.0. The number of carbonyl (C=O) groups excluding carboxylic acids is 2. The molecule has 6 nitrogen and oxygen atoms in total. The number of amides is 2. The maximum Gasteiger partial charge on any atom is 0.257 e. The first-order valence-electron chi connectivity index (χ1n) is 9.25. The lowest BCUT2D eigenvalue weighted by molar-refractivity contribution is -0.121. The highest BCUT2D eigenvalue weighted by Gasteiger charge is 2.10. The molecule has 0 atom stereocenters. The van der Waals surface area contributed by atoms with Crippen molar-refractivity contribution >= 4 is 29.1 Å². The van der Waals surface area contributed by atoms with Crippen molar-refractivity contribution in [3.8, 4) is 5.75 Å². The van der Waals surface area contributed by atoms with Crippen LogP contribution >= 0.6 is 12.2 Å². The van der Waals surface area contributed by atoms with Gasteiger partial charge in [0.15, 0.2) is 5.11 Å². The van der Waals surface area contributed by atoms with Gasteiger partial charge in [-0.2, -0.15) is 0 Å². The Bertz CT molecular complexity index is 796. The number of ether oxygens (including phenoxy) is 1. The van der Waals surface area contributed by atoms with Crippen molar-refractivity contribution in [2.45, 2.75) is 32.6 Å². The zero-order valence-electron chi connectivity index (χ0n) is 15.9. The van der Waals surface area contributed by atoms with Crippen molar-refractivity contribution in [3.05, 3.63) is 65.7 Å². The van der Waals surface area contributed by atoms with Crippen molar-refractivity contribution in [2.75, 3.05) is 6.61 Å². The van der Waals surface area contributed by atoms with Crippen LogP contribution in [-0.2, 0) is 11.2 Å². The van der Waals surface area contributed by atoms with Crippen molar-refractivity contribution in [3.63, 3.8) is 0 Å². The number of unbranched alkanes of at least 4 members (excludes halogenated alkanes) is 1. The Hall–Kier alpha value is -2.93. The summed E-state index contributed by atoms with van der Waals surface area (Å²) in [7, 11) is 0. The fourth-order valence-corrected chi connectivity index (χ4v) is 2.50. The number of carbonyl (C=O) groups is 2. The molecule has 3 N–H and O–H groups in total. The molecule has 0 aliphatic carbocycles. The van der Waals surface area contributed by atoms with Crippen LogP contribution < -0.4 is 20.9 Å². The molecule has 0 heterocycles. The highest BCUT2D eigenvalue weighted by Crippen LogP contribution is 2.13. The lowest BCUT2D eigenvalue weighted by Crippen LogP contribution is -2.48. The standard InChI is InChI=1S/C21H25N3O3S/c1-2-3-14-27-18-11-7-10-17(15-18)20(26)22-21(28)24-23-19(25)13-12-16-8-5-4-6-9-16/h4-11,15H,2-3,12-14H2,1H3,(H,23,25)(H2,22,24,26,28). The van der Waals surface area contributed by atoms with Gasteiger partial charge in [0.1, 0.15) is 5.75 Å². The van der Waals surface area contributed by atoms with E-state index in [0.717, 1.165) is 18.4 Å². The summed E-state index contributed by atoms with van der Waals surface area (Å²) in [5.41, 5.74) is 6.53. The minimum absolute atomic E-state index is 0.0235. The van der Waals surface area contributed by atoms with Gasteiger partial charge in [-0.15, -0.1) is 0 Å². The summed E-state index contributed by atoms with van der Waals surface area (Å²) in [5, 5.41) is 2.55.